The van der Waals surface area contributed by atoms with Crippen LogP contribution in [-0.4, -0.2) is 40.8 Å². The maximum Gasteiger partial charge on any atom is 0.264 e. The van der Waals surface area contributed by atoms with Crippen molar-refractivity contribution in [2.75, 3.05) is 36.1 Å². The van der Waals surface area contributed by atoms with Gasteiger partial charge in [0.15, 0.2) is 0 Å². The number of benzene rings is 3. The zero-order valence-electron chi connectivity index (χ0n) is 18.9. The summed E-state index contributed by atoms with van der Waals surface area (Å²) < 4.78 is 39.4. The third-order valence-corrected chi connectivity index (χ3v) is 7.56. The van der Waals surface area contributed by atoms with Gasteiger partial charge in [0.2, 0.25) is 5.91 Å². The molecule has 3 rings (SSSR count). The molecular weight excluding hydrogens is 496 g/mol. The highest BCUT2D eigenvalue weighted by Crippen LogP contribution is 2.33. The number of rotatable bonds is 10. The van der Waals surface area contributed by atoms with Crippen molar-refractivity contribution < 1.29 is 22.7 Å². The summed E-state index contributed by atoms with van der Waals surface area (Å²) in [5.41, 5.74) is 0.589. The summed E-state index contributed by atoms with van der Waals surface area (Å²) in [5, 5.41) is 3.10. The number of amides is 1. The third-order valence-electron chi connectivity index (χ3n) is 4.80. The predicted molar refractivity (Wildman–Crippen MR) is 137 cm³/mol. The summed E-state index contributed by atoms with van der Waals surface area (Å²) >= 11 is 7.56. The van der Waals surface area contributed by atoms with Gasteiger partial charge in [-0.05, 0) is 67.8 Å². The number of methoxy groups -OCH3 is 1. The van der Waals surface area contributed by atoms with Crippen molar-refractivity contribution in [3.05, 3.63) is 71.8 Å². The minimum atomic E-state index is -4.11. The van der Waals surface area contributed by atoms with Gasteiger partial charge >= 0.3 is 0 Å². The van der Waals surface area contributed by atoms with Crippen LogP contribution in [0.25, 0.3) is 0 Å². The van der Waals surface area contributed by atoms with Crippen LogP contribution in [0, 0.1) is 0 Å². The number of sulfonamides is 1. The number of halogens is 1. The number of nitrogens with one attached hydrogen (secondary N) is 1. The van der Waals surface area contributed by atoms with Gasteiger partial charge in [-0.25, -0.2) is 8.42 Å². The number of nitrogens with zero attached hydrogens (tertiary/aromatic N) is 1. The van der Waals surface area contributed by atoms with E-state index >= 15 is 0 Å². The Bertz CT molecular complexity index is 1250. The first-order valence-electron chi connectivity index (χ1n) is 10.3. The summed E-state index contributed by atoms with van der Waals surface area (Å²) in [6.07, 6.45) is 1.91. The standard InChI is InChI=1S/C24H25ClN2O5S2/c1-4-32-23-8-6-5-7-21(23)27(34(29,30)19-12-10-18(33-3)11-13-19)16-24(28)26-20-15-17(25)9-14-22(20)31-2/h5-15H,4,16H2,1-3H3,(H,26,28). The Morgan fingerprint density at radius 3 is 2.41 bits per heavy atom. The molecule has 0 aliphatic rings. The summed E-state index contributed by atoms with van der Waals surface area (Å²) in [6, 6.07) is 18.0. The van der Waals surface area contributed by atoms with Crippen LogP contribution >= 0.6 is 23.4 Å². The second-order valence-electron chi connectivity index (χ2n) is 6.98. The molecule has 7 nitrogen and oxygen atoms in total. The van der Waals surface area contributed by atoms with Crippen molar-refractivity contribution in [3.8, 4) is 11.5 Å². The molecule has 0 heterocycles. The molecule has 0 spiro atoms. The molecule has 180 valence electrons. The highest BCUT2D eigenvalue weighted by molar-refractivity contribution is 7.98. The Balaban J connectivity index is 2.02. The normalized spacial score (nSPS) is 11.1. The quantitative estimate of drug-likeness (QED) is 0.365. The number of para-hydroxylation sites is 2. The van der Waals surface area contributed by atoms with Crippen LogP contribution in [0.2, 0.25) is 5.02 Å². The molecule has 10 heteroatoms. The van der Waals surface area contributed by atoms with Crippen LogP contribution in [0.5, 0.6) is 11.5 Å². The van der Waals surface area contributed by atoms with Crippen molar-refractivity contribution >= 4 is 50.7 Å². The molecule has 1 amide bonds. The van der Waals surface area contributed by atoms with Crippen LogP contribution in [0.15, 0.2) is 76.5 Å². The number of ether oxygens (including phenoxy) is 2. The number of anilines is 2. The fraction of sp³-hybridized carbons (Fsp3) is 0.208. The van der Waals surface area contributed by atoms with Crippen molar-refractivity contribution in [1.29, 1.82) is 0 Å². The SMILES string of the molecule is CCOc1ccccc1N(CC(=O)Nc1cc(Cl)ccc1OC)S(=O)(=O)c1ccc(SC)cc1. The topological polar surface area (TPSA) is 84.9 Å². The minimum absolute atomic E-state index is 0.0599. The molecule has 0 bridgehead atoms. The lowest BCUT2D eigenvalue weighted by Gasteiger charge is -2.26. The molecular formula is C24H25ClN2O5S2. The lowest BCUT2D eigenvalue weighted by molar-refractivity contribution is -0.114. The van der Waals surface area contributed by atoms with Gasteiger partial charge < -0.3 is 14.8 Å². The van der Waals surface area contributed by atoms with Gasteiger partial charge in [0, 0.05) is 9.92 Å². The van der Waals surface area contributed by atoms with Crippen molar-refractivity contribution in [2.45, 2.75) is 16.7 Å². The van der Waals surface area contributed by atoms with Crippen LogP contribution in [0.4, 0.5) is 11.4 Å². The van der Waals surface area contributed by atoms with Gasteiger partial charge in [-0.3, -0.25) is 9.10 Å². The van der Waals surface area contributed by atoms with E-state index in [4.69, 9.17) is 21.1 Å². The second kappa shape index (κ2) is 11.5. The highest BCUT2D eigenvalue weighted by atomic mass is 35.5. The van der Waals surface area contributed by atoms with Crippen molar-refractivity contribution in [2.24, 2.45) is 0 Å². The largest absolute Gasteiger partial charge is 0.495 e. The van der Waals surface area contributed by atoms with Crippen LogP contribution < -0.4 is 19.1 Å². The maximum atomic E-state index is 13.7. The van der Waals surface area contributed by atoms with Gasteiger partial charge in [-0.15, -0.1) is 11.8 Å². The van der Waals surface area contributed by atoms with Gasteiger partial charge in [0.25, 0.3) is 10.0 Å². The van der Waals surface area contributed by atoms with E-state index in [1.165, 1.54) is 37.1 Å². The van der Waals surface area contributed by atoms with Gasteiger partial charge in [-0.1, -0.05) is 23.7 Å². The van der Waals surface area contributed by atoms with E-state index in [-0.39, 0.29) is 10.6 Å². The zero-order valence-corrected chi connectivity index (χ0v) is 21.3. The highest BCUT2D eigenvalue weighted by Gasteiger charge is 2.29. The Kier molecular flexibility index (Phi) is 8.71. The van der Waals surface area contributed by atoms with E-state index in [1.54, 1.807) is 55.5 Å². The van der Waals surface area contributed by atoms with Crippen molar-refractivity contribution in [3.63, 3.8) is 0 Å². The molecule has 0 fully saturated rings. The minimum Gasteiger partial charge on any atom is -0.495 e. The summed E-state index contributed by atoms with van der Waals surface area (Å²) in [5.74, 6) is 0.174. The van der Waals surface area contributed by atoms with Crippen molar-refractivity contribution in [1.82, 2.24) is 0 Å². The van der Waals surface area contributed by atoms with Gasteiger partial charge in [0.05, 0.1) is 30.0 Å². The predicted octanol–water partition coefficient (Wildman–Crippen LogP) is 5.30. The summed E-state index contributed by atoms with van der Waals surface area (Å²) in [7, 11) is -2.64. The van der Waals surface area contributed by atoms with E-state index in [0.717, 1.165) is 9.20 Å². The third kappa shape index (κ3) is 5.97. The molecule has 0 saturated carbocycles. The maximum absolute atomic E-state index is 13.7. The van der Waals surface area contributed by atoms with Crippen LogP contribution in [0.1, 0.15) is 6.92 Å². The number of hydrogen-bond acceptors (Lipinski definition) is 6. The Morgan fingerprint density at radius 2 is 1.76 bits per heavy atom. The molecule has 3 aromatic carbocycles. The smallest absolute Gasteiger partial charge is 0.264 e. The first-order chi connectivity index (χ1) is 16.3. The second-order valence-corrected chi connectivity index (χ2v) is 10.2. The fourth-order valence-corrected chi connectivity index (χ4v) is 5.23. The molecule has 0 aliphatic carbocycles. The summed E-state index contributed by atoms with van der Waals surface area (Å²) in [6.45, 7) is 1.64. The van der Waals surface area contributed by atoms with E-state index < -0.39 is 22.5 Å². The van der Waals surface area contributed by atoms with Gasteiger partial charge in [-0.2, -0.15) is 0 Å². The first kappa shape index (κ1) is 25.7. The Morgan fingerprint density at radius 1 is 1.06 bits per heavy atom. The molecule has 0 radical (unpaired) electrons. The van der Waals surface area contributed by atoms with E-state index in [1.807, 2.05) is 6.26 Å². The first-order valence-corrected chi connectivity index (χ1v) is 13.4. The summed E-state index contributed by atoms with van der Waals surface area (Å²) in [4.78, 5) is 14.0. The Labute approximate surface area is 209 Å². The molecule has 0 atom stereocenters. The lowest BCUT2D eigenvalue weighted by atomic mass is 10.2. The number of thioether (sulfide) groups is 1. The average Bonchev–Trinajstić information content (AvgIpc) is 2.83. The Hall–Kier alpha value is -2.88. The molecule has 1 N–H and O–H groups in total. The fourth-order valence-electron chi connectivity index (χ4n) is 3.21. The molecule has 3 aromatic rings. The van der Waals surface area contributed by atoms with E-state index in [9.17, 15) is 13.2 Å². The van der Waals surface area contributed by atoms with Crippen LogP contribution in [0.3, 0.4) is 0 Å². The number of carbonyl (C=O) groups is 1. The number of carbonyl (C=O) groups excluding carboxylic acids is 1. The molecule has 0 saturated heterocycles. The molecule has 0 aliphatic heterocycles. The van der Waals surface area contributed by atoms with E-state index in [0.29, 0.717) is 28.8 Å². The van der Waals surface area contributed by atoms with E-state index in [2.05, 4.69) is 5.32 Å². The monoisotopic (exact) mass is 520 g/mol. The average molecular weight is 521 g/mol. The number of hydrogen-bond donors (Lipinski definition) is 1. The molecule has 0 unspecified atom stereocenters. The molecule has 0 aromatic heterocycles. The van der Waals surface area contributed by atoms with Gasteiger partial charge in [0.1, 0.15) is 18.0 Å². The molecule has 34 heavy (non-hydrogen) atoms. The lowest BCUT2D eigenvalue weighted by Crippen LogP contribution is -2.38. The van der Waals surface area contributed by atoms with Crippen LogP contribution in [-0.2, 0) is 14.8 Å². The zero-order chi connectivity index (χ0) is 24.7.